The topological polar surface area (TPSA) is 19.0 Å². The lowest BCUT2D eigenvalue weighted by Crippen LogP contribution is -2.38. The lowest BCUT2D eigenvalue weighted by Gasteiger charge is -2.37. The zero-order chi connectivity index (χ0) is 21.6. The van der Waals surface area contributed by atoms with Gasteiger partial charge in [-0.05, 0) is 67.0 Å². The average Bonchev–Trinajstić information content (AvgIpc) is 3.43. The van der Waals surface area contributed by atoms with Gasteiger partial charge in [-0.1, -0.05) is 66.8 Å². The van der Waals surface area contributed by atoms with Crippen LogP contribution < -0.4 is 0 Å². The number of likely N-dealkylation sites (tertiary alicyclic amines) is 1. The fraction of sp³-hybridized carbons (Fsp3) is 0.290. The molecule has 0 radical (unpaired) electrons. The second-order valence-electron chi connectivity index (χ2n) is 10.5. The lowest BCUT2D eigenvalue weighted by atomic mass is 9.74. The van der Waals surface area contributed by atoms with Gasteiger partial charge in [-0.15, -0.1) is 0 Å². The average molecular weight is 429 g/mol. The zero-order valence-corrected chi connectivity index (χ0v) is 18.7. The Morgan fingerprint density at radius 2 is 1.85 bits per heavy atom. The molecule has 1 N–H and O–H groups in total. The molecule has 0 amide bonds. The van der Waals surface area contributed by atoms with E-state index < -0.39 is 0 Å². The van der Waals surface area contributed by atoms with Gasteiger partial charge in [-0.2, -0.15) is 0 Å². The van der Waals surface area contributed by atoms with Crippen LogP contribution in [0.1, 0.15) is 31.2 Å². The predicted molar refractivity (Wildman–Crippen MR) is 137 cm³/mol. The van der Waals surface area contributed by atoms with Crippen LogP contribution in [-0.4, -0.2) is 22.0 Å². The number of hydrogen-bond donors (Lipinski definition) is 1. The number of nitrogens with one attached hydrogen (secondary N) is 1. The number of benzene rings is 2. The first-order valence-corrected chi connectivity index (χ1v) is 12.5. The van der Waals surface area contributed by atoms with Crippen LogP contribution in [0.4, 0.5) is 0 Å². The minimum absolute atomic E-state index is 0.396. The first-order valence-electron chi connectivity index (χ1n) is 12.5. The van der Waals surface area contributed by atoms with Gasteiger partial charge < -0.3 is 9.88 Å². The van der Waals surface area contributed by atoms with E-state index in [1.807, 2.05) is 0 Å². The molecule has 5 atom stereocenters. The molecular formula is C31H28N2. The minimum Gasteiger partial charge on any atom is -0.364 e. The predicted octanol–water partition coefficient (Wildman–Crippen LogP) is 7.14. The summed E-state index contributed by atoms with van der Waals surface area (Å²) < 4.78 is 0. The van der Waals surface area contributed by atoms with Gasteiger partial charge in [0.05, 0.1) is 6.04 Å². The van der Waals surface area contributed by atoms with E-state index in [0.717, 1.165) is 6.42 Å². The second-order valence-corrected chi connectivity index (χ2v) is 10.5. The number of fused-ring (bicyclic) bond motifs is 4. The Balaban J connectivity index is 1.23. The second kappa shape index (κ2) is 6.41. The molecule has 2 heterocycles. The quantitative estimate of drug-likeness (QED) is 0.459. The summed E-state index contributed by atoms with van der Waals surface area (Å²) in [4.78, 5) is 6.41. The molecule has 2 fully saturated rings. The van der Waals surface area contributed by atoms with Gasteiger partial charge in [-0.3, -0.25) is 0 Å². The van der Waals surface area contributed by atoms with Crippen molar-refractivity contribution in [3.63, 3.8) is 0 Å². The molecule has 33 heavy (non-hydrogen) atoms. The molecule has 1 saturated heterocycles. The van der Waals surface area contributed by atoms with Crippen LogP contribution in [0, 0.1) is 17.3 Å². The fourth-order valence-electron chi connectivity index (χ4n) is 7.74. The smallest absolute Gasteiger partial charge is 0.0545 e. The van der Waals surface area contributed by atoms with Crippen molar-refractivity contribution in [3.8, 4) is 0 Å². The fourth-order valence-corrected chi connectivity index (χ4v) is 7.74. The summed E-state index contributed by atoms with van der Waals surface area (Å²) in [6, 6.07) is 16.9. The highest BCUT2D eigenvalue weighted by Gasteiger charge is 2.72. The van der Waals surface area contributed by atoms with Crippen molar-refractivity contribution in [1.29, 1.82) is 0 Å². The van der Waals surface area contributed by atoms with E-state index in [9.17, 15) is 0 Å². The van der Waals surface area contributed by atoms with Crippen molar-refractivity contribution in [3.05, 3.63) is 102 Å². The van der Waals surface area contributed by atoms with Crippen LogP contribution >= 0.6 is 0 Å². The van der Waals surface area contributed by atoms with E-state index in [1.165, 1.54) is 46.6 Å². The maximum absolute atomic E-state index is 3.59. The first kappa shape index (κ1) is 18.2. The largest absolute Gasteiger partial charge is 0.364 e. The van der Waals surface area contributed by atoms with Gasteiger partial charge in [0.15, 0.2) is 0 Å². The summed E-state index contributed by atoms with van der Waals surface area (Å²) >= 11 is 0. The maximum Gasteiger partial charge on any atom is 0.0545 e. The summed E-state index contributed by atoms with van der Waals surface area (Å²) in [5.74, 6) is 1.30. The van der Waals surface area contributed by atoms with Crippen LogP contribution in [-0.2, 0) is 0 Å². The van der Waals surface area contributed by atoms with E-state index in [4.69, 9.17) is 0 Å². The number of para-hydroxylation sites is 1. The standard InChI is InChI=1S/C31H28N2/c1-2-8-21(9-3-1)33-29-13-7-5-11-25(29)31-19-26(31)22(15-17-30(31)33)20-14-16-28-24(18-20)23-10-4-6-12-27(23)32-28/h1-2,4-8,10-16,18,25-26,29-30,32H,3,9,17,19H2. The molecule has 162 valence electrons. The van der Waals surface area contributed by atoms with Gasteiger partial charge in [-0.25, -0.2) is 0 Å². The Labute approximate surface area is 194 Å². The third-order valence-corrected chi connectivity index (χ3v) is 9.15. The number of rotatable bonds is 2. The number of hydrogen-bond acceptors (Lipinski definition) is 1. The third-order valence-electron chi connectivity index (χ3n) is 9.15. The SMILES string of the molecule is C1=CCCC(N2C3C=CC=CC3C34CC3C(c3ccc5[nH]c6ccccc6c5c3)=CCC24)=C1. The minimum atomic E-state index is 0.396. The number of H-pyrrole nitrogens is 1. The highest BCUT2D eigenvalue weighted by Crippen LogP contribution is 2.74. The Bertz CT molecular complexity index is 1460. The Hall–Kier alpha value is -3.26. The van der Waals surface area contributed by atoms with E-state index in [-0.39, 0.29) is 0 Å². The molecular weight excluding hydrogens is 400 g/mol. The summed E-state index contributed by atoms with van der Waals surface area (Å²) in [6.07, 6.45) is 24.0. The number of allylic oxidation sites excluding steroid dienone is 7. The van der Waals surface area contributed by atoms with Crippen molar-refractivity contribution < 1.29 is 0 Å². The highest BCUT2D eigenvalue weighted by atomic mass is 15.3. The molecule has 2 heteroatoms. The van der Waals surface area contributed by atoms with Crippen molar-refractivity contribution in [2.75, 3.05) is 0 Å². The van der Waals surface area contributed by atoms with Gasteiger partial charge in [0.2, 0.25) is 0 Å². The van der Waals surface area contributed by atoms with E-state index in [0.29, 0.717) is 29.3 Å². The number of aromatic nitrogens is 1. The number of aromatic amines is 1. The van der Waals surface area contributed by atoms with Gasteiger partial charge >= 0.3 is 0 Å². The first-order chi connectivity index (χ1) is 16.3. The Morgan fingerprint density at radius 3 is 2.79 bits per heavy atom. The summed E-state index contributed by atoms with van der Waals surface area (Å²) in [5, 5.41) is 2.69. The molecule has 4 aliphatic carbocycles. The number of nitrogens with zero attached hydrogens (tertiary/aromatic N) is 1. The summed E-state index contributed by atoms with van der Waals surface area (Å²) in [7, 11) is 0. The van der Waals surface area contributed by atoms with Crippen molar-refractivity contribution in [2.24, 2.45) is 17.3 Å². The highest BCUT2D eigenvalue weighted by molar-refractivity contribution is 6.08. The van der Waals surface area contributed by atoms with E-state index >= 15 is 0 Å². The summed E-state index contributed by atoms with van der Waals surface area (Å²) in [5.41, 5.74) is 7.44. The van der Waals surface area contributed by atoms with Crippen LogP contribution in [0.15, 0.2) is 96.8 Å². The third kappa shape index (κ3) is 2.34. The monoisotopic (exact) mass is 428 g/mol. The zero-order valence-electron chi connectivity index (χ0n) is 18.7. The molecule has 5 aliphatic rings. The van der Waals surface area contributed by atoms with Crippen molar-refractivity contribution >= 4 is 27.4 Å². The molecule has 3 aromatic rings. The van der Waals surface area contributed by atoms with Crippen LogP contribution in [0.25, 0.3) is 27.4 Å². The molecule has 1 saturated carbocycles. The van der Waals surface area contributed by atoms with E-state index in [2.05, 4.69) is 101 Å². The maximum atomic E-state index is 3.59. The van der Waals surface area contributed by atoms with Gasteiger partial charge in [0, 0.05) is 44.9 Å². The molecule has 1 spiro atoms. The normalized spacial score (nSPS) is 33.6. The molecule has 8 rings (SSSR count). The van der Waals surface area contributed by atoms with Gasteiger partial charge in [0.1, 0.15) is 0 Å². The van der Waals surface area contributed by atoms with Crippen LogP contribution in [0.3, 0.4) is 0 Å². The Morgan fingerprint density at radius 1 is 0.939 bits per heavy atom. The van der Waals surface area contributed by atoms with E-state index in [1.54, 1.807) is 11.3 Å². The lowest BCUT2D eigenvalue weighted by molar-refractivity contribution is 0.232. The molecule has 1 aromatic heterocycles. The Kier molecular flexibility index (Phi) is 3.53. The van der Waals surface area contributed by atoms with Crippen molar-refractivity contribution in [2.45, 2.75) is 37.8 Å². The van der Waals surface area contributed by atoms with Crippen molar-refractivity contribution in [1.82, 2.24) is 9.88 Å². The molecule has 2 aromatic carbocycles. The molecule has 2 nitrogen and oxygen atoms in total. The van der Waals surface area contributed by atoms with Crippen LogP contribution in [0.2, 0.25) is 0 Å². The molecule has 0 bridgehead atoms. The molecule has 5 unspecified atom stereocenters. The van der Waals surface area contributed by atoms with Gasteiger partial charge in [0.25, 0.3) is 0 Å². The summed E-state index contributed by atoms with van der Waals surface area (Å²) in [6.45, 7) is 0. The van der Waals surface area contributed by atoms with Crippen LogP contribution in [0.5, 0.6) is 0 Å². The molecule has 1 aliphatic heterocycles.